The average molecular weight is 387 g/mol. The van der Waals surface area contributed by atoms with Crippen molar-refractivity contribution < 1.29 is 9.21 Å². The molecule has 1 aromatic heterocycles. The van der Waals surface area contributed by atoms with Crippen LogP contribution in [-0.2, 0) is 11.3 Å². The summed E-state index contributed by atoms with van der Waals surface area (Å²) in [5.41, 5.74) is 3.69. The Labute approximate surface area is 164 Å². The molecule has 6 nitrogen and oxygen atoms in total. The third kappa shape index (κ3) is 6.36. The van der Waals surface area contributed by atoms with Crippen molar-refractivity contribution in [3.63, 3.8) is 0 Å². The molecule has 1 fully saturated rings. The van der Waals surface area contributed by atoms with Crippen molar-refractivity contribution in [1.82, 2.24) is 15.2 Å². The van der Waals surface area contributed by atoms with Gasteiger partial charge in [0.2, 0.25) is 0 Å². The Morgan fingerprint density at radius 2 is 1.93 bits per heavy atom. The van der Waals surface area contributed by atoms with Gasteiger partial charge in [-0.2, -0.15) is 5.10 Å². The van der Waals surface area contributed by atoms with Crippen molar-refractivity contribution in [3.05, 3.63) is 65.1 Å². The molecule has 0 aliphatic carbocycles. The van der Waals surface area contributed by atoms with Crippen LogP contribution in [0.5, 0.6) is 0 Å². The lowest BCUT2D eigenvalue weighted by atomic mass is 10.2. The fraction of sp³-hybridized carbons (Fsp3) is 0.300. The van der Waals surface area contributed by atoms with Gasteiger partial charge >= 0.3 is 0 Å². The summed E-state index contributed by atoms with van der Waals surface area (Å²) in [6.07, 6.45) is 6.62. The van der Waals surface area contributed by atoms with Gasteiger partial charge in [0.25, 0.3) is 5.91 Å². The molecule has 0 unspecified atom stereocenters. The van der Waals surface area contributed by atoms with E-state index < -0.39 is 0 Å². The quantitative estimate of drug-likeness (QED) is 0.587. The van der Waals surface area contributed by atoms with Crippen molar-refractivity contribution in [2.45, 2.75) is 6.54 Å². The number of hydrogen-bond donors (Lipinski definition) is 1. The van der Waals surface area contributed by atoms with Crippen LogP contribution in [0.2, 0.25) is 5.02 Å². The Kier molecular flexibility index (Phi) is 7.21. The van der Waals surface area contributed by atoms with E-state index in [0.717, 1.165) is 49.1 Å². The summed E-state index contributed by atoms with van der Waals surface area (Å²) in [6, 6.07) is 11.6. The van der Waals surface area contributed by atoms with Gasteiger partial charge in [-0.3, -0.25) is 14.6 Å². The van der Waals surface area contributed by atoms with Gasteiger partial charge in [-0.15, -0.1) is 0 Å². The zero-order valence-electron chi connectivity index (χ0n) is 15.1. The molecule has 2 aromatic rings. The van der Waals surface area contributed by atoms with Gasteiger partial charge < -0.3 is 4.42 Å². The van der Waals surface area contributed by atoms with Crippen LogP contribution in [0.15, 0.2) is 58.3 Å². The van der Waals surface area contributed by atoms with Crippen LogP contribution in [0.4, 0.5) is 0 Å². The second kappa shape index (κ2) is 10.1. The molecule has 0 spiro atoms. The Balaban J connectivity index is 1.35. The summed E-state index contributed by atoms with van der Waals surface area (Å²) < 4.78 is 5.16. The predicted molar refractivity (Wildman–Crippen MR) is 108 cm³/mol. The first-order valence-electron chi connectivity index (χ1n) is 8.91. The molecule has 0 saturated carbocycles. The maximum Gasteiger partial charge on any atom is 0.254 e. The standard InChI is InChI=1S/C20H23ClN4O2/c21-19-8-2-1-5-17(19)15-24-10-12-25(13-11-24)16-20(26)23-22-9-3-6-18-7-4-14-27-18/h1-9,14H,10-13,15-16H2,(H,23,26)/b6-3+,22-9+. The molecule has 0 atom stereocenters. The number of allylic oxidation sites excluding steroid dienone is 1. The van der Waals surface area contributed by atoms with Gasteiger partial charge in [-0.25, -0.2) is 5.43 Å². The minimum atomic E-state index is -0.114. The van der Waals surface area contributed by atoms with Gasteiger partial charge in [-0.1, -0.05) is 29.8 Å². The lowest BCUT2D eigenvalue weighted by molar-refractivity contribution is -0.122. The van der Waals surface area contributed by atoms with E-state index in [1.54, 1.807) is 18.4 Å². The zero-order valence-corrected chi connectivity index (χ0v) is 15.8. The summed E-state index contributed by atoms with van der Waals surface area (Å²) in [5, 5.41) is 4.72. The monoisotopic (exact) mass is 386 g/mol. The highest BCUT2D eigenvalue weighted by Gasteiger charge is 2.19. The highest BCUT2D eigenvalue weighted by molar-refractivity contribution is 6.31. The number of amides is 1. The third-order valence-corrected chi connectivity index (χ3v) is 4.71. The molecule has 142 valence electrons. The van der Waals surface area contributed by atoms with Gasteiger partial charge in [0.1, 0.15) is 5.76 Å². The molecule has 27 heavy (non-hydrogen) atoms. The average Bonchev–Trinajstić information content (AvgIpc) is 3.18. The van der Waals surface area contributed by atoms with Crippen LogP contribution >= 0.6 is 11.6 Å². The van der Waals surface area contributed by atoms with Gasteiger partial charge in [0.15, 0.2) is 0 Å². The molecule has 7 heteroatoms. The molecular weight excluding hydrogens is 364 g/mol. The highest BCUT2D eigenvalue weighted by Crippen LogP contribution is 2.17. The van der Waals surface area contributed by atoms with Gasteiger partial charge in [0, 0.05) is 44.0 Å². The number of hydrazone groups is 1. The summed E-state index contributed by atoms with van der Waals surface area (Å²) in [5.74, 6) is 0.625. The third-order valence-electron chi connectivity index (χ3n) is 4.34. The number of benzene rings is 1. The lowest BCUT2D eigenvalue weighted by Crippen LogP contribution is -2.48. The normalized spacial score (nSPS) is 16.3. The number of nitrogens with zero attached hydrogens (tertiary/aromatic N) is 3. The number of carbonyl (C=O) groups excluding carboxylic acids is 1. The summed E-state index contributed by atoms with van der Waals surface area (Å²) >= 11 is 6.23. The molecular formula is C20H23ClN4O2. The lowest BCUT2D eigenvalue weighted by Gasteiger charge is -2.34. The van der Waals surface area contributed by atoms with Crippen LogP contribution in [0, 0.1) is 0 Å². The summed E-state index contributed by atoms with van der Waals surface area (Å²) in [6.45, 7) is 4.70. The second-order valence-electron chi connectivity index (χ2n) is 6.33. The number of furan rings is 1. The van der Waals surface area contributed by atoms with E-state index in [2.05, 4.69) is 26.4 Å². The predicted octanol–water partition coefficient (Wildman–Crippen LogP) is 2.87. The van der Waals surface area contributed by atoms with E-state index >= 15 is 0 Å². The highest BCUT2D eigenvalue weighted by atomic mass is 35.5. The topological polar surface area (TPSA) is 61.1 Å². The van der Waals surface area contributed by atoms with Crippen molar-refractivity contribution in [3.8, 4) is 0 Å². The van der Waals surface area contributed by atoms with Crippen molar-refractivity contribution >= 4 is 29.8 Å². The van der Waals surface area contributed by atoms with E-state index in [-0.39, 0.29) is 5.91 Å². The minimum Gasteiger partial charge on any atom is -0.465 e. The molecule has 1 amide bonds. The molecule has 0 bridgehead atoms. The van der Waals surface area contributed by atoms with Crippen LogP contribution in [0.1, 0.15) is 11.3 Å². The minimum absolute atomic E-state index is 0.114. The van der Waals surface area contributed by atoms with Crippen molar-refractivity contribution in [1.29, 1.82) is 0 Å². The molecule has 1 N–H and O–H groups in total. The summed E-state index contributed by atoms with van der Waals surface area (Å²) in [7, 11) is 0. The number of carbonyl (C=O) groups is 1. The van der Waals surface area contributed by atoms with Crippen LogP contribution in [-0.4, -0.2) is 54.6 Å². The number of hydrogen-bond acceptors (Lipinski definition) is 5. The number of piperazine rings is 1. The maximum absolute atomic E-state index is 12.0. The zero-order chi connectivity index (χ0) is 18.9. The van der Waals surface area contributed by atoms with E-state index in [4.69, 9.17) is 16.0 Å². The van der Waals surface area contributed by atoms with Gasteiger partial charge in [-0.05, 0) is 35.9 Å². The van der Waals surface area contributed by atoms with E-state index in [9.17, 15) is 4.79 Å². The van der Waals surface area contributed by atoms with Crippen molar-refractivity contribution in [2.75, 3.05) is 32.7 Å². The van der Waals surface area contributed by atoms with E-state index in [1.807, 2.05) is 30.3 Å². The molecule has 1 aliphatic heterocycles. The smallest absolute Gasteiger partial charge is 0.254 e. The first-order valence-corrected chi connectivity index (χ1v) is 9.29. The fourth-order valence-electron chi connectivity index (χ4n) is 2.89. The first kappa shape index (κ1) is 19.4. The first-order chi connectivity index (χ1) is 13.2. The molecule has 1 aromatic carbocycles. The van der Waals surface area contributed by atoms with E-state index in [0.29, 0.717) is 6.54 Å². The second-order valence-corrected chi connectivity index (χ2v) is 6.74. The molecule has 2 heterocycles. The van der Waals surface area contributed by atoms with Crippen LogP contribution in [0.25, 0.3) is 6.08 Å². The molecule has 1 saturated heterocycles. The Morgan fingerprint density at radius 3 is 2.67 bits per heavy atom. The van der Waals surface area contributed by atoms with Crippen LogP contribution in [0.3, 0.4) is 0 Å². The largest absolute Gasteiger partial charge is 0.465 e. The molecule has 0 radical (unpaired) electrons. The van der Waals surface area contributed by atoms with Gasteiger partial charge in [0.05, 0.1) is 12.8 Å². The van der Waals surface area contributed by atoms with Crippen molar-refractivity contribution in [2.24, 2.45) is 5.10 Å². The fourth-order valence-corrected chi connectivity index (χ4v) is 3.08. The summed E-state index contributed by atoms with van der Waals surface area (Å²) in [4.78, 5) is 16.5. The Hall–Kier alpha value is -2.41. The van der Waals surface area contributed by atoms with Crippen LogP contribution < -0.4 is 5.43 Å². The number of halogens is 1. The number of nitrogens with one attached hydrogen (secondary N) is 1. The Bertz CT molecular complexity index is 781. The van der Waals surface area contributed by atoms with E-state index in [1.165, 1.54) is 6.21 Å². The SMILES string of the molecule is O=C(CN1CCN(Cc2ccccc2Cl)CC1)N/N=C/C=C/c1ccco1. The molecule has 3 rings (SSSR count). The molecule has 1 aliphatic rings. The maximum atomic E-state index is 12.0. The number of rotatable bonds is 7. The Morgan fingerprint density at radius 1 is 1.15 bits per heavy atom.